The largest absolute Gasteiger partial charge is 0.485 e. The molecule has 20 heavy (non-hydrogen) atoms. The first-order valence-electron chi connectivity index (χ1n) is 6.76. The molecule has 0 aliphatic carbocycles. The molecule has 3 rings (SSSR count). The smallest absolute Gasteiger partial charge is 0.127 e. The maximum Gasteiger partial charge on any atom is 0.127 e. The molecule has 104 valence electrons. The van der Waals surface area contributed by atoms with Gasteiger partial charge < -0.3 is 9.84 Å². The molecule has 3 heteroatoms. The second kappa shape index (κ2) is 5.12. The van der Waals surface area contributed by atoms with Crippen molar-refractivity contribution in [3.05, 3.63) is 63.7 Å². The minimum atomic E-state index is -0.497. The number of ether oxygens (including phenoxy) is 1. The van der Waals surface area contributed by atoms with Crippen molar-refractivity contribution in [1.29, 1.82) is 0 Å². The van der Waals surface area contributed by atoms with Crippen LogP contribution in [0.1, 0.15) is 40.9 Å². The minimum Gasteiger partial charge on any atom is -0.485 e. The van der Waals surface area contributed by atoms with Gasteiger partial charge in [0, 0.05) is 17.0 Å². The number of hydrogen-bond donors (Lipinski definition) is 1. The zero-order valence-corrected chi connectivity index (χ0v) is 12.3. The van der Waals surface area contributed by atoms with Gasteiger partial charge in [-0.3, -0.25) is 0 Å². The number of aryl methyl sites for hydroxylation is 2. The van der Waals surface area contributed by atoms with Crippen LogP contribution in [0.5, 0.6) is 5.75 Å². The number of aliphatic hydroxyl groups excluding tert-OH is 1. The van der Waals surface area contributed by atoms with Gasteiger partial charge in [-0.15, -0.1) is 0 Å². The lowest BCUT2D eigenvalue weighted by atomic mass is 9.94. The molecule has 2 aromatic rings. The summed E-state index contributed by atoms with van der Waals surface area (Å²) in [4.78, 5) is 0. The van der Waals surface area contributed by atoms with Gasteiger partial charge in [0.05, 0.1) is 6.10 Å². The van der Waals surface area contributed by atoms with Crippen molar-refractivity contribution in [2.24, 2.45) is 0 Å². The lowest BCUT2D eigenvalue weighted by Gasteiger charge is -2.30. The van der Waals surface area contributed by atoms with Gasteiger partial charge in [0.15, 0.2) is 0 Å². The molecule has 0 saturated heterocycles. The van der Waals surface area contributed by atoms with E-state index < -0.39 is 6.10 Å². The van der Waals surface area contributed by atoms with Crippen LogP contribution in [0.25, 0.3) is 0 Å². The quantitative estimate of drug-likeness (QED) is 0.836. The second-order valence-electron chi connectivity index (χ2n) is 5.41. The Kier molecular flexibility index (Phi) is 3.45. The molecular weight excluding hydrogens is 272 g/mol. The fourth-order valence-electron chi connectivity index (χ4n) is 2.58. The van der Waals surface area contributed by atoms with E-state index in [9.17, 15) is 5.11 Å². The van der Waals surface area contributed by atoms with E-state index in [4.69, 9.17) is 16.3 Å². The maximum atomic E-state index is 10.3. The van der Waals surface area contributed by atoms with Gasteiger partial charge in [-0.1, -0.05) is 35.4 Å². The Morgan fingerprint density at radius 2 is 1.95 bits per heavy atom. The van der Waals surface area contributed by atoms with E-state index in [2.05, 4.69) is 0 Å². The van der Waals surface area contributed by atoms with Crippen LogP contribution in [-0.2, 0) is 0 Å². The summed E-state index contributed by atoms with van der Waals surface area (Å²) in [5.74, 6) is 0.760. The fourth-order valence-corrected chi connectivity index (χ4v) is 2.77. The molecule has 1 aliphatic heterocycles. The van der Waals surface area contributed by atoms with Gasteiger partial charge >= 0.3 is 0 Å². The van der Waals surface area contributed by atoms with Crippen molar-refractivity contribution in [2.75, 3.05) is 0 Å². The summed E-state index contributed by atoms with van der Waals surface area (Å²) in [5, 5.41) is 11.1. The van der Waals surface area contributed by atoms with E-state index in [0.29, 0.717) is 6.42 Å². The molecular formula is C17H17ClO2. The molecule has 0 fully saturated rings. The van der Waals surface area contributed by atoms with E-state index in [-0.39, 0.29) is 6.10 Å². The van der Waals surface area contributed by atoms with Gasteiger partial charge in [0.25, 0.3) is 0 Å². The highest BCUT2D eigenvalue weighted by molar-refractivity contribution is 6.31. The summed E-state index contributed by atoms with van der Waals surface area (Å²) in [6, 6.07) is 11.8. The number of aliphatic hydroxyl groups is 1. The molecule has 0 amide bonds. The Morgan fingerprint density at radius 1 is 1.15 bits per heavy atom. The molecule has 1 heterocycles. The van der Waals surface area contributed by atoms with E-state index in [1.807, 2.05) is 50.2 Å². The van der Waals surface area contributed by atoms with Crippen molar-refractivity contribution >= 4 is 11.6 Å². The molecule has 0 bridgehead atoms. The number of hydrogen-bond acceptors (Lipinski definition) is 2. The molecule has 1 N–H and O–H groups in total. The monoisotopic (exact) mass is 288 g/mol. The van der Waals surface area contributed by atoms with Crippen molar-refractivity contribution in [2.45, 2.75) is 32.5 Å². The average Bonchev–Trinajstić information content (AvgIpc) is 2.42. The predicted octanol–water partition coefficient (Wildman–Crippen LogP) is 4.51. The van der Waals surface area contributed by atoms with Crippen LogP contribution in [0.3, 0.4) is 0 Å². The summed E-state index contributed by atoms with van der Waals surface area (Å²) in [7, 11) is 0. The van der Waals surface area contributed by atoms with Gasteiger partial charge in [0.2, 0.25) is 0 Å². The molecule has 2 aromatic carbocycles. The first kappa shape index (κ1) is 13.5. The Labute approximate surface area is 124 Å². The van der Waals surface area contributed by atoms with Crippen LogP contribution in [0.2, 0.25) is 5.02 Å². The molecule has 0 radical (unpaired) electrons. The topological polar surface area (TPSA) is 29.5 Å². The Morgan fingerprint density at radius 3 is 2.70 bits per heavy atom. The maximum absolute atomic E-state index is 10.3. The molecule has 2 nitrogen and oxygen atoms in total. The average molecular weight is 289 g/mol. The fraction of sp³-hybridized carbons (Fsp3) is 0.294. The van der Waals surface area contributed by atoms with E-state index in [1.165, 1.54) is 0 Å². The second-order valence-corrected chi connectivity index (χ2v) is 5.82. The molecule has 0 spiro atoms. The molecule has 1 unspecified atom stereocenters. The molecule has 2 atom stereocenters. The van der Waals surface area contributed by atoms with E-state index >= 15 is 0 Å². The van der Waals surface area contributed by atoms with Gasteiger partial charge in [-0.05, 0) is 43.2 Å². The SMILES string of the molecule is Cc1ccc2c(c1)[C@H](O)CC(c1ccc(C)c(Cl)c1)O2. The summed E-state index contributed by atoms with van der Waals surface area (Å²) in [6.45, 7) is 3.99. The molecule has 1 aliphatic rings. The summed E-state index contributed by atoms with van der Waals surface area (Å²) < 4.78 is 6.02. The highest BCUT2D eigenvalue weighted by Crippen LogP contribution is 2.41. The molecule has 0 saturated carbocycles. The predicted molar refractivity (Wildman–Crippen MR) is 80.3 cm³/mol. The Balaban J connectivity index is 1.94. The van der Waals surface area contributed by atoms with Crippen LogP contribution >= 0.6 is 11.6 Å². The van der Waals surface area contributed by atoms with Crippen LogP contribution in [0, 0.1) is 13.8 Å². The number of fused-ring (bicyclic) bond motifs is 1. The number of rotatable bonds is 1. The third-order valence-corrected chi connectivity index (χ3v) is 4.21. The van der Waals surface area contributed by atoms with E-state index in [0.717, 1.165) is 33.0 Å². The van der Waals surface area contributed by atoms with Crippen molar-refractivity contribution in [1.82, 2.24) is 0 Å². The van der Waals surface area contributed by atoms with Crippen LogP contribution in [-0.4, -0.2) is 5.11 Å². The van der Waals surface area contributed by atoms with E-state index in [1.54, 1.807) is 0 Å². The highest BCUT2D eigenvalue weighted by Gasteiger charge is 2.28. The van der Waals surface area contributed by atoms with Crippen molar-refractivity contribution < 1.29 is 9.84 Å². The van der Waals surface area contributed by atoms with Crippen molar-refractivity contribution in [3.8, 4) is 5.75 Å². The normalized spacial score (nSPS) is 21.2. The first-order chi connectivity index (χ1) is 9.54. The lowest BCUT2D eigenvalue weighted by Crippen LogP contribution is -2.19. The summed E-state index contributed by atoms with van der Waals surface area (Å²) >= 11 is 6.17. The number of benzene rings is 2. The Hall–Kier alpha value is -1.51. The van der Waals surface area contributed by atoms with Gasteiger partial charge in [-0.25, -0.2) is 0 Å². The van der Waals surface area contributed by atoms with Gasteiger partial charge in [0.1, 0.15) is 11.9 Å². The zero-order chi connectivity index (χ0) is 14.3. The molecule has 0 aromatic heterocycles. The zero-order valence-electron chi connectivity index (χ0n) is 11.6. The van der Waals surface area contributed by atoms with Crippen LogP contribution < -0.4 is 4.74 Å². The van der Waals surface area contributed by atoms with Crippen molar-refractivity contribution in [3.63, 3.8) is 0 Å². The summed E-state index contributed by atoms with van der Waals surface area (Å²) in [5.41, 5.74) is 4.05. The minimum absolute atomic E-state index is 0.154. The van der Waals surface area contributed by atoms with Crippen LogP contribution in [0.4, 0.5) is 0 Å². The summed E-state index contributed by atoms with van der Waals surface area (Å²) in [6.07, 6.45) is -0.0995. The first-order valence-corrected chi connectivity index (χ1v) is 7.13. The third-order valence-electron chi connectivity index (χ3n) is 3.80. The van der Waals surface area contributed by atoms with Gasteiger partial charge in [-0.2, -0.15) is 0 Å². The Bertz CT molecular complexity index is 651. The third kappa shape index (κ3) is 2.41. The van der Waals surface area contributed by atoms with Crippen LogP contribution in [0.15, 0.2) is 36.4 Å². The standard InChI is InChI=1S/C17H17ClO2/c1-10-3-6-16-13(7-10)15(19)9-17(20-16)12-5-4-11(2)14(18)8-12/h3-8,15,17,19H,9H2,1-2H3/t15-,17?/m1/s1. The lowest BCUT2D eigenvalue weighted by molar-refractivity contribution is 0.0657. The highest BCUT2D eigenvalue weighted by atomic mass is 35.5. The number of halogens is 1.